The lowest BCUT2D eigenvalue weighted by atomic mass is 10.0. The summed E-state index contributed by atoms with van der Waals surface area (Å²) >= 11 is 1.73. The lowest BCUT2D eigenvalue weighted by molar-refractivity contribution is -0.143. The van der Waals surface area contributed by atoms with Gasteiger partial charge < -0.3 is 14.4 Å². The molecule has 2 fully saturated rings. The molecule has 0 saturated carbocycles. The molecule has 0 radical (unpaired) electrons. The number of hydrogen-bond donors (Lipinski definition) is 0. The minimum Gasteiger partial charge on any atom is -0.377 e. The monoisotopic (exact) mass is 340 g/mol. The van der Waals surface area contributed by atoms with Crippen molar-refractivity contribution in [3.63, 3.8) is 0 Å². The molecule has 1 aromatic heterocycles. The van der Waals surface area contributed by atoms with Crippen LogP contribution in [0.4, 0.5) is 0 Å². The van der Waals surface area contributed by atoms with Crippen molar-refractivity contribution in [3.05, 3.63) is 16.6 Å². The van der Waals surface area contributed by atoms with E-state index in [2.05, 4.69) is 33.8 Å². The van der Waals surface area contributed by atoms with Gasteiger partial charge >= 0.3 is 0 Å². The Balaban J connectivity index is 1.61. The van der Waals surface area contributed by atoms with Crippen LogP contribution in [-0.2, 0) is 16.0 Å². The summed E-state index contributed by atoms with van der Waals surface area (Å²) in [6.07, 6.45) is 1.88. The number of hydrogen-bond acceptors (Lipinski definition) is 7. The Morgan fingerprint density at radius 2 is 2.09 bits per heavy atom. The average Bonchev–Trinajstić information content (AvgIpc) is 2.94. The van der Waals surface area contributed by atoms with E-state index in [0.29, 0.717) is 6.61 Å². The van der Waals surface area contributed by atoms with Crippen LogP contribution >= 0.6 is 11.3 Å². The maximum absolute atomic E-state index is 6.23. The molecular formula is C16H28N4O2S. The van der Waals surface area contributed by atoms with Crippen molar-refractivity contribution >= 4 is 11.3 Å². The number of morpholine rings is 1. The molecule has 7 heteroatoms. The van der Waals surface area contributed by atoms with Gasteiger partial charge in [-0.05, 0) is 14.1 Å². The first-order valence-electron chi connectivity index (χ1n) is 8.35. The molecule has 130 valence electrons. The Kier molecular flexibility index (Phi) is 6.01. The van der Waals surface area contributed by atoms with Gasteiger partial charge in [-0.25, -0.2) is 4.98 Å². The van der Waals surface area contributed by atoms with Crippen LogP contribution in [0.15, 0.2) is 11.6 Å². The number of thiazole rings is 1. The van der Waals surface area contributed by atoms with Gasteiger partial charge in [0, 0.05) is 50.8 Å². The van der Waals surface area contributed by atoms with Crippen LogP contribution in [0, 0.1) is 0 Å². The second-order valence-corrected chi connectivity index (χ2v) is 7.78. The summed E-state index contributed by atoms with van der Waals surface area (Å²) in [7, 11) is 4.24. The lowest BCUT2D eigenvalue weighted by Gasteiger charge is -2.43. The molecule has 6 nitrogen and oxygen atoms in total. The second kappa shape index (κ2) is 8.00. The zero-order valence-corrected chi connectivity index (χ0v) is 15.1. The van der Waals surface area contributed by atoms with Crippen LogP contribution in [0.5, 0.6) is 0 Å². The zero-order valence-electron chi connectivity index (χ0n) is 14.2. The smallest absolute Gasteiger partial charge is 0.117 e. The first kappa shape index (κ1) is 17.3. The van der Waals surface area contributed by atoms with Crippen molar-refractivity contribution in [2.45, 2.75) is 12.1 Å². The van der Waals surface area contributed by atoms with E-state index >= 15 is 0 Å². The Morgan fingerprint density at radius 1 is 1.26 bits per heavy atom. The molecule has 0 unspecified atom stereocenters. The van der Waals surface area contributed by atoms with E-state index in [-0.39, 0.29) is 5.60 Å². The van der Waals surface area contributed by atoms with Gasteiger partial charge in [0.15, 0.2) is 0 Å². The number of nitrogens with zero attached hydrogens (tertiary/aromatic N) is 4. The minimum absolute atomic E-state index is 0.196. The van der Waals surface area contributed by atoms with Gasteiger partial charge in [0.2, 0.25) is 0 Å². The molecule has 2 aliphatic heterocycles. The van der Waals surface area contributed by atoms with Gasteiger partial charge in [0.25, 0.3) is 0 Å². The maximum Gasteiger partial charge on any atom is 0.117 e. The number of likely N-dealkylation sites (N-methyl/N-ethyl adjacent to an activating group) is 1. The summed E-state index contributed by atoms with van der Waals surface area (Å²) in [5.41, 5.74) is -0.196. The van der Waals surface area contributed by atoms with Crippen LogP contribution in [0.3, 0.4) is 0 Å². The highest BCUT2D eigenvalue weighted by molar-refractivity contribution is 7.09. The Hall–Kier alpha value is -0.570. The van der Waals surface area contributed by atoms with Crippen molar-refractivity contribution in [2.75, 3.05) is 73.2 Å². The highest BCUT2D eigenvalue weighted by Crippen LogP contribution is 2.24. The van der Waals surface area contributed by atoms with Crippen molar-refractivity contribution in [2.24, 2.45) is 0 Å². The lowest BCUT2D eigenvalue weighted by Crippen LogP contribution is -2.58. The summed E-state index contributed by atoms with van der Waals surface area (Å²) in [6.45, 7) is 9.15. The predicted octanol–water partition coefficient (Wildman–Crippen LogP) is 0.608. The van der Waals surface area contributed by atoms with Gasteiger partial charge in [-0.3, -0.25) is 9.80 Å². The van der Waals surface area contributed by atoms with Crippen molar-refractivity contribution in [1.82, 2.24) is 19.7 Å². The summed E-state index contributed by atoms with van der Waals surface area (Å²) in [5, 5.41) is 3.23. The van der Waals surface area contributed by atoms with E-state index in [9.17, 15) is 0 Å². The van der Waals surface area contributed by atoms with E-state index in [1.807, 2.05) is 11.6 Å². The third-order valence-electron chi connectivity index (χ3n) is 4.46. The SMILES string of the molecule is CN(C)CCN1CCOC[C@]2(C1)CN(Cc1nccs1)CCO2. The first-order valence-corrected chi connectivity index (χ1v) is 9.23. The fourth-order valence-corrected chi connectivity index (χ4v) is 3.94. The molecule has 3 heterocycles. The Bertz CT molecular complexity index is 471. The summed E-state index contributed by atoms with van der Waals surface area (Å²) in [5.74, 6) is 0. The van der Waals surface area contributed by atoms with E-state index in [1.165, 1.54) is 5.01 Å². The third-order valence-corrected chi connectivity index (χ3v) is 5.23. The van der Waals surface area contributed by atoms with Crippen LogP contribution < -0.4 is 0 Å². The standard InChI is InChI=1S/C16H28N4O2S/c1-18(2)4-5-19-6-8-21-14-16(12-19)13-20(7-9-22-16)11-15-17-3-10-23-15/h3,10H,4-9,11-14H2,1-2H3/t16-/m0/s1. The summed E-state index contributed by atoms with van der Waals surface area (Å²) < 4.78 is 12.1. The largest absolute Gasteiger partial charge is 0.377 e. The maximum atomic E-state index is 6.23. The molecule has 2 saturated heterocycles. The van der Waals surface area contributed by atoms with Gasteiger partial charge in [-0.2, -0.15) is 0 Å². The highest BCUT2D eigenvalue weighted by Gasteiger charge is 2.40. The van der Waals surface area contributed by atoms with Gasteiger partial charge in [0.05, 0.1) is 26.4 Å². The molecule has 1 atom stereocenters. The molecular weight excluding hydrogens is 312 g/mol. The molecule has 1 spiro atoms. The van der Waals surface area contributed by atoms with Crippen molar-refractivity contribution in [3.8, 4) is 0 Å². The summed E-state index contributed by atoms with van der Waals surface area (Å²) in [6, 6.07) is 0. The Labute approximate surface area is 143 Å². The molecule has 23 heavy (non-hydrogen) atoms. The van der Waals surface area contributed by atoms with E-state index in [0.717, 1.165) is 59.0 Å². The van der Waals surface area contributed by atoms with Gasteiger partial charge in [0.1, 0.15) is 10.6 Å². The van der Waals surface area contributed by atoms with Crippen molar-refractivity contribution < 1.29 is 9.47 Å². The molecule has 1 aromatic rings. The number of ether oxygens (including phenoxy) is 2. The molecule has 0 aliphatic carbocycles. The van der Waals surface area contributed by atoms with E-state index in [1.54, 1.807) is 11.3 Å². The first-order chi connectivity index (χ1) is 11.2. The number of rotatable bonds is 5. The van der Waals surface area contributed by atoms with Crippen LogP contribution in [-0.4, -0.2) is 98.5 Å². The fraction of sp³-hybridized carbons (Fsp3) is 0.812. The zero-order chi connectivity index (χ0) is 16.1. The number of aromatic nitrogens is 1. The third kappa shape index (κ3) is 4.95. The minimum atomic E-state index is -0.196. The van der Waals surface area contributed by atoms with Crippen molar-refractivity contribution in [1.29, 1.82) is 0 Å². The van der Waals surface area contributed by atoms with Crippen LogP contribution in [0.1, 0.15) is 5.01 Å². The summed E-state index contributed by atoms with van der Waals surface area (Å²) in [4.78, 5) is 11.6. The molecule has 0 N–H and O–H groups in total. The normalized spacial score (nSPS) is 27.6. The topological polar surface area (TPSA) is 41.1 Å². The highest BCUT2D eigenvalue weighted by atomic mass is 32.1. The second-order valence-electron chi connectivity index (χ2n) is 6.80. The van der Waals surface area contributed by atoms with Gasteiger partial charge in [-0.1, -0.05) is 0 Å². The van der Waals surface area contributed by atoms with Crippen LogP contribution in [0.2, 0.25) is 0 Å². The molecule has 0 aromatic carbocycles. The van der Waals surface area contributed by atoms with E-state index < -0.39 is 0 Å². The molecule has 2 aliphatic rings. The molecule has 0 bridgehead atoms. The van der Waals surface area contributed by atoms with E-state index in [4.69, 9.17) is 9.47 Å². The fourth-order valence-electron chi connectivity index (χ4n) is 3.28. The van der Waals surface area contributed by atoms with Gasteiger partial charge in [-0.15, -0.1) is 11.3 Å². The average molecular weight is 340 g/mol. The Morgan fingerprint density at radius 3 is 2.87 bits per heavy atom. The molecule has 0 amide bonds. The van der Waals surface area contributed by atoms with Crippen LogP contribution in [0.25, 0.3) is 0 Å². The quantitative estimate of drug-likeness (QED) is 0.782. The predicted molar refractivity (Wildman–Crippen MR) is 91.9 cm³/mol. The molecule has 3 rings (SSSR count).